The summed E-state index contributed by atoms with van der Waals surface area (Å²) in [5, 5.41) is 1.10. The summed E-state index contributed by atoms with van der Waals surface area (Å²) in [6.07, 6.45) is 5.61. The SMILES string of the molecule is C(=Cc1ccco1)C1=NCCS1. The monoisotopic (exact) mass is 179 g/mol. The lowest BCUT2D eigenvalue weighted by atomic mass is 10.4. The lowest BCUT2D eigenvalue weighted by Gasteiger charge is -1.86. The third-order valence-electron chi connectivity index (χ3n) is 1.54. The van der Waals surface area contributed by atoms with Gasteiger partial charge in [0.25, 0.3) is 0 Å². The van der Waals surface area contributed by atoms with Crippen molar-refractivity contribution in [3.8, 4) is 0 Å². The minimum Gasteiger partial charge on any atom is -0.465 e. The zero-order valence-electron chi connectivity index (χ0n) is 6.56. The summed E-state index contributed by atoms with van der Waals surface area (Å²) in [5.41, 5.74) is 0. The van der Waals surface area contributed by atoms with Crippen LogP contribution >= 0.6 is 11.8 Å². The van der Waals surface area contributed by atoms with Gasteiger partial charge in [-0.15, -0.1) is 11.8 Å². The Morgan fingerprint density at radius 2 is 2.50 bits per heavy atom. The maximum absolute atomic E-state index is 5.14. The molecule has 0 radical (unpaired) electrons. The van der Waals surface area contributed by atoms with E-state index in [4.69, 9.17) is 4.42 Å². The molecule has 0 saturated heterocycles. The molecule has 3 heteroatoms. The average Bonchev–Trinajstić information content (AvgIpc) is 2.74. The summed E-state index contributed by atoms with van der Waals surface area (Å²) in [7, 11) is 0. The topological polar surface area (TPSA) is 25.5 Å². The Morgan fingerprint density at radius 3 is 3.17 bits per heavy atom. The molecule has 1 aromatic rings. The molecule has 0 saturated carbocycles. The van der Waals surface area contributed by atoms with E-state index in [1.54, 1.807) is 18.0 Å². The van der Waals surface area contributed by atoms with Gasteiger partial charge in [0.1, 0.15) is 5.76 Å². The molecule has 0 aliphatic carbocycles. The van der Waals surface area contributed by atoms with Crippen LogP contribution < -0.4 is 0 Å². The molecule has 62 valence electrons. The Morgan fingerprint density at radius 1 is 1.50 bits per heavy atom. The van der Waals surface area contributed by atoms with Gasteiger partial charge in [0.05, 0.1) is 11.3 Å². The van der Waals surface area contributed by atoms with Crippen LogP contribution in [0.1, 0.15) is 5.76 Å². The van der Waals surface area contributed by atoms with Crippen molar-refractivity contribution in [3.63, 3.8) is 0 Å². The molecule has 0 aromatic carbocycles. The maximum Gasteiger partial charge on any atom is 0.126 e. The zero-order chi connectivity index (χ0) is 8.23. The lowest BCUT2D eigenvalue weighted by molar-refractivity contribution is 0.557. The highest BCUT2D eigenvalue weighted by Crippen LogP contribution is 2.13. The van der Waals surface area contributed by atoms with Crippen molar-refractivity contribution >= 4 is 22.9 Å². The molecule has 1 aromatic heterocycles. The van der Waals surface area contributed by atoms with Gasteiger partial charge in [-0.1, -0.05) is 0 Å². The largest absolute Gasteiger partial charge is 0.465 e. The second-order valence-corrected chi connectivity index (χ2v) is 3.53. The van der Waals surface area contributed by atoms with Crippen LogP contribution in [0.3, 0.4) is 0 Å². The van der Waals surface area contributed by atoms with Gasteiger partial charge in [-0.05, 0) is 24.3 Å². The van der Waals surface area contributed by atoms with Gasteiger partial charge in [-0.2, -0.15) is 0 Å². The number of hydrogen-bond donors (Lipinski definition) is 0. The summed E-state index contributed by atoms with van der Waals surface area (Å²) in [6.45, 7) is 0.947. The Balaban J connectivity index is 2.02. The van der Waals surface area contributed by atoms with Crippen LogP contribution in [0.15, 0.2) is 33.9 Å². The second-order valence-electron chi connectivity index (χ2n) is 2.42. The summed E-state index contributed by atoms with van der Waals surface area (Å²) >= 11 is 1.79. The second kappa shape index (κ2) is 3.63. The quantitative estimate of drug-likeness (QED) is 0.696. The molecule has 2 heterocycles. The fourth-order valence-corrected chi connectivity index (χ4v) is 1.73. The normalized spacial score (nSPS) is 17.2. The Bertz CT molecular complexity index is 300. The van der Waals surface area contributed by atoms with Crippen molar-refractivity contribution in [2.24, 2.45) is 4.99 Å². The molecule has 1 aliphatic rings. The van der Waals surface area contributed by atoms with Crippen molar-refractivity contribution in [1.82, 2.24) is 0 Å². The van der Waals surface area contributed by atoms with E-state index >= 15 is 0 Å². The number of thioether (sulfide) groups is 1. The summed E-state index contributed by atoms with van der Waals surface area (Å²) in [5.74, 6) is 1.99. The van der Waals surface area contributed by atoms with E-state index in [0.717, 1.165) is 23.1 Å². The Labute approximate surface area is 75.4 Å². The van der Waals surface area contributed by atoms with Crippen LogP contribution in [0.4, 0.5) is 0 Å². The van der Waals surface area contributed by atoms with E-state index in [-0.39, 0.29) is 0 Å². The highest BCUT2D eigenvalue weighted by molar-refractivity contribution is 8.14. The van der Waals surface area contributed by atoms with Crippen LogP contribution in [0.5, 0.6) is 0 Å². The zero-order valence-corrected chi connectivity index (χ0v) is 7.38. The molecular formula is C9H9NOS. The molecule has 0 fully saturated rings. The molecular weight excluding hydrogens is 170 g/mol. The molecule has 0 spiro atoms. The van der Waals surface area contributed by atoms with E-state index in [1.165, 1.54) is 0 Å². The third-order valence-corrected chi connectivity index (χ3v) is 2.49. The number of rotatable bonds is 2. The first kappa shape index (κ1) is 7.68. The fourth-order valence-electron chi connectivity index (χ4n) is 0.992. The average molecular weight is 179 g/mol. The van der Waals surface area contributed by atoms with E-state index in [0.29, 0.717) is 0 Å². The van der Waals surface area contributed by atoms with E-state index in [9.17, 15) is 0 Å². The van der Waals surface area contributed by atoms with Crippen LogP contribution in [0.25, 0.3) is 6.08 Å². The number of hydrogen-bond acceptors (Lipinski definition) is 3. The van der Waals surface area contributed by atoms with Crippen LogP contribution in [0, 0.1) is 0 Å². The number of furan rings is 1. The van der Waals surface area contributed by atoms with Crippen molar-refractivity contribution in [2.45, 2.75) is 0 Å². The van der Waals surface area contributed by atoms with Gasteiger partial charge in [-0.25, -0.2) is 0 Å². The van der Waals surface area contributed by atoms with Gasteiger partial charge in [0.15, 0.2) is 0 Å². The van der Waals surface area contributed by atoms with Gasteiger partial charge < -0.3 is 4.42 Å². The first-order chi connectivity index (χ1) is 5.95. The van der Waals surface area contributed by atoms with Crippen LogP contribution in [-0.2, 0) is 0 Å². The predicted octanol–water partition coefficient (Wildman–Crippen LogP) is 2.44. The summed E-state index contributed by atoms with van der Waals surface area (Å²) < 4.78 is 5.14. The van der Waals surface area contributed by atoms with Gasteiger partial charge in [0, 0.05) is 12.3 Å². The third kappa shape index (κ3) is 1.80. The minimum absolute atomic E-state index is 0.880. The van der Waals surface area contributed by atoms with Crippen LogP contribution in [-0.4, -0.2) is 17.3 Å². The molecule has 0 bridgehead atoms. The minimum atomic E-state index is 0.880. The van der Waals surface area contributed by atoms with Gasteiger partial charge in [-0.3, -0.25) is 4.99 Å². The molecule has 0 N–H and O–H groups in total. The van der Waals surface area contributed by atoms with Crippen molar-refractivity contribution < 1.29 is 4.42 Å². The first-order valence-electron chi connectivity index (χ1n) is 3.84. The summed E-state index contributed by atoms with van der Waals surface area (Å²) in [6, 6.07) is 3.81. The molecule has 0 amide bonds. The Kier molecular flexibility index (Phi) is 2.32. The van der Waals surface area contributed by atoms with E-state index in [1.807, 2.05) is 24.3 Å². The maximum atomic E-state index is 5.14. The molecule has 0 atom stereocenters. The number of aliphatic imine (C=N–C) groups is 1. The van der Waals surface area contributed by atoms with Gasteiger partial charge >= 0.3 is 0 Å². The first-order valence-corrected chi connectivity index (χ1v) is 4.82. The van der Waals surface area contributed by atoms with Crippen LogP contribution in [0.2, 0.25) is 0 Å². The standard InChI is InChI=1S/C9H9NOS/c1-2-8(11-6-1)3-4-9-10-5-7-12-9/h1-4,6H,5,7H2. The fraction of sp³-hybridized carbons (Fsp3) is 0.222. The molecule has 2 rings (SSSR count). The van der Waals surface area contributed by atoms with E-state index in [2.05, 4.69) is 4.99 Å². The van der Waals surface area contributed by atoms with Crippen molar-refractivity contribution in [2.75, 3.05) is 12.3 Å². The lowest BCUT2D eigenvalue weighted by Crippen LogP contribution is -1.77. The predicted molar refractivity (Wildman–Crippen MR) is 52.5 cm³/mol. The van der Waals surface area contributed by atoms with Gasteiger partial charge in [0.2, 0.25) is 0 Å². The van der Waals surface area contributed by atoms with E-state index < -0.39 is 0 Å². The Hall–Kier alpha value is -0.960. The molecule has 1 aliphatic heterocycles. The molecule has 2 nitrogen and oxygen atoms in total. The summed E-state index contributed by atoms with van der Waals surface area (Å²) in [4.78, 5) is 4.29. The highest BCUT2D eigenvalue weighted by atomic mass is 32.2. The number of nitrogens with zero attached hydrogens (tertiary/aromatic N) is 1. The highest BCUT2D eigenvalue weighted by Gasteiger charge is 2.02. The molecule has 0 unspecified atom stereocenters. The van der Waals surface area contributed by atoms with Crippen molar-refractivity contribution in [1.29, 1.82) is 0 Å². The smallest absolute Gasteiger partial charge is 0.126 e. The van der Waals surface area contributed by atoms with Crippen molar-refractivity contribution in [3.05, 3.63) is 30.2 Å². The molecule has 12 heavy (non-hydrogen) atoms.